The molecule has 0 aliphatic carbocycles. The largest absolute Gasteiger partial charge is 0.385 e. The van der Waals surface area contributed by atoms with Crippen molar-refractivity contribution in [3.05, 3.63) is 34.7 Å². The van der Waals surface area contributed by atoms with E-state index in [1.54, 1.807) is 11.3 Å². The minimum absolute atomic E-state index is 0.745. The third-order valence-electron chi connectivity index (χ3n) is 2.85. The predicted octanol–water partition coefficient (Wildman–Crippen LogP) is 4.58. The van der Waals surface area contributed by atoms with E-state index in [0.29, 0.717) is 0 Å². The average molecular weight is 260 g/mol. The maximum absolute atomic E-state index is 4.49. The van der Waals surface area contributed by atoms with Crippen molar-refractivity contribution in [3.8, 4) is 11.3 Å². The zero-order chi connectivity index (χ0) is 13.0. The van der Waals surface area contributed by atoms with Crippen LogP contribution in [0, 0.1) is 12.8 Å². The van der Waals surface area contributed by atoms with Crippen molar-refractivity contribution in [3.63, 3.8) is 0 Å². The third kappa shape index (κ3) is 3.57. The number of benzene rings is 1. The van der Waals surface area contributed by atoms with Gasteiger partial charge in [0.25, 0.3) is 0 Å². The molecule has 0 saturated heterocycles. The van der Waals surface area contributed by atoms with Crippen molar-refractivity contribution in [2.24, 2.45) is 5.92 Å². The highest BCUT2D eigenvalue weighted by Crippen LogP contribution is 2.23. The van der Waals surface area contributed by atoms with Crippen molar-refractivity contribution >= 4 is 17.0 Å². The Bertz CT molecular complexity index is 485. The van der Waals surface area contributed by atoms with Crippen LogP contribution in [0.5, 0.6) is 0 Å². The lowest BCUT2D eigenvalue weighted by Crippen LogP contribution is -2.04. The molecule has 1 heterocycles. The highest BCUT2D eigenvalue weighted by Gasteiger charge is 2.02. The van der Waals surface area contributed by atoms with Crippen LogP contribution < -0.4 is 5.32 Å². The van der Waals surface area contributed by atoms with Gasteiger partial charge in [0.1, 0.15) is 0 Å². The molecule has 0 bridgehead atoms. The number of aromatic nitrogens is 1. The van der Waals surface area contributed by atoms with Crippen LogP contribution in [0.15, 0.2) is 29.6 Å². The third-order valence-corrected chi connectivity index (χ3v) is 3.62. The second-order valence-electron chi connectivity index (χ2n) is 4.94. The fourth-order valence-corrected chi connectivity index (χ4v) is 2.38. The number of anilines is 1. The number of hydrogen-bond donors (Lipinski definition) is 1. The molecular weight excluding hydrogens is 240 g/mol. The highest BCUT2D eigenvalue weighted by atomic mass is 32.1. The molecule has 2 aromatic rings. The molecule has 3 heteroatoms. The molecule has 18 heavy (non-hydrogen) atoms. The second kappa shape index (κ2) is 6.01. The van der Waals surface area contributed by atoms with Crippen molar-refractivity contribution in [1.29, 1.82) is 0 Å². The molecule has 2 rings (SSSR count). The van der Waals surface area contributed by atoms with Gasteiger partial charge in [-0.3, -0.25) is 0 Å². The Morgan fingerprint density at radius 2 is 1.94 bits per heavy atom. The van der Waals surface area contributed by atoms with E-state index in [2.05, 4.69) is 53.8 Å². The Hall–Kier alpha value is -1.35. The molecule has 0 radical (unpaired) electrons. The summed E-state index contributed by atoms with van der Waals surface area (Å²) in [6, 6.07) is 8.52. The standard InChI is InChI=1S/C15H20N2S/c1-11(2)8-9-16-14-6-4-13(5-7-14)15-10-18-12(3)17-15/h4-7,10-11,16H,8-9H2,1-3H3. The molecule has 96 valence electrons. The number of aryl methyl sites for hydroxylation is 1. The van der Waals surface area contributed by atoms with Gasteiger partial charge in [-0.25, -0.2) is 4.98 Å². The summed E-state index contributed by atoms with van der Waals surface area (Å²) in [5, 5.41) is 6.66. The first-order valence-corrected chi connectivity index (χ1v) is 7.29. The molecule has 2 nitrogen and oxygen atoms in total. The Labute approximate surface area is 113 Å². The van der Waals surface area contributed by atoms with E-state index in [4.69, 9.17) is 0 Å². The van der Waals surface area contributed by atoms with Gasteiger partial charge in [-0.2, -0.15) is 0 Å². The zero-order valence-corrected chi connectivity index (χ0v) is 12.1. The zero-order valence-electron chi connectivity index (χ0n) is 11.2. The van der Waals surface area contributed by atoms with Crippen LogP contribution in [0.25, 0.3) is 11.3 Å². The average Bonchev–Trinajstić information content (AvgIpc) is 2.76. The van der Waals surface area contributed by atoms with Crippen molar-refractivity contribution in [1.82, 2.24) is 4.98 Å². The SMILES string of the molecule is Cc1nc(-c2ccc(NCCC(C)C)cc2)cs1. The van der Waals surface area contributed by atoms with E-state index in [0.717, 1.165) is 23.2 Å². The van der Waals surface area contributed by atoms with Gasteiger partial charge in [0.2, 0.25) is 0 Å². The maximum atomic E-state index is 4.49. The summed E-state index contributed by atoms with van der Waals surface area (Å²) in [5.74, 6) is 0.745. The van der Waals surface area contributed by atoms with Crippen molar-refractivity contribution < 1.29 is 0 Å². The quantitative estimate of drug-likeness (QED) is 0.851. The monoisotopic (exact) mass is 260 g/mol. The normalized spacial score (nSPS) is 10.9. The molecule has 1 aromatic carbocycles. The van der Waals surface area contributed by atoms with Gasteiger partial charge in [-0.15, -0.1) is 11.3 Å². The lowest BCUT2D eigenvalue weighted by Gasteiger charge is -2.08. The molecule has 0 unspecified atom stereocenters. The van der Waals surface area contributed by atoms with Crippen LogP contribution in [0.1, 0.15) is 25.3 Å². The van der Waals surface area contributed by atoms with E-state index in [-0.39, 0.29) is 0 Å². The lowest BCUT2D eigenvalue weighted by atomic mass is 10.1. The second-order valence-corrected chi connectivity index (χ2v) is 6.00. The molecule has 1 N–H and O–H groups in total. The number of nitrogens with one attached hydrogen (secondary N) is 1. The molecule has 0 aliphatic heterocycles. The molecular formula is C15H20N2S. The number of nitrogens with zero attached hydrogens (tertiary/aromatic N) is 1. The van der Waals surface area contributed by atoms with Crippen LogP contribution in [0.2, 0.25) is 0 Å². The number of thiazole rings is 1. The molecule has 0 saturated carbocycles. The molecule has 0 spiro atoms. The van der Waals surface area contributed by atoms with Gasteiger partial charge >= 0.3 is 0 Å². The van der Waals surface area contributed by atoms with E-state index >= 15 is 0 Å². The van der Waals surface area contributed by atoms with Crippen molar-refractivity contribution in [2.45, 2.75) is 27.2 Å². The van der Waals surface area contributed by atoms with E-state index < -0.39 is 0 Å². The van der Waals surface area contributed by atoms with Gasteiger partial charge in [-0.05, 0) is 31.4 Å². The van der Waals surface area contributed by atoms with E-state index in [1.165, 1.54) is 17.7 Å². The maximum Gasteiger partial charge on any atom is 0.0901 e. The van der Waals surface area contributed by atoms with Crippen LogP contribution >= 0.6 is 11.3 Å². The Balaban J connectivity index is 1.97. The first-order valence-electron chi connectivity index (χ1n) is 6.41. The predicted molar refractivity (Wildman–Crippen MR) is 80.2 cm³/mol. The summed E-state index contributed by atoms with van der Waals surface area (Å²) < 4.78 is 0. The van der Waals surface area contributed by atoms with E-state index in [9.17, 15) is 0 Å². The Morgan fingerprint density at radius 1 is 1.22 bits per heavy atom. The molecule has 0 fully saturated rings. The van der Waals surface area contributed by atoms with Crippen molar-refractivity contribution in [2.75, 3.05) is 11.9 Å². The van der Waals surface area contributed by atoms with Gasteiger partial charge in [0, 0.05) is 23.2 Å². The van der Waals surface area contributed by atoms with E-state index in [1.807, 2.05) is 6.92 Å². The first kappa shape index (κ1) is 13.1. The van der Waals surface area contributed by atoms with Crippen LogP contribution in [0.3, 0.4) is 0 Å². The van der Waals surface area contributed by atoms with Crippen LogP contribution in [-0.2, 0) is 0 Å². The Kier molecular flexibility index (Phi) is 4.37. The van der Waals surface area contributed by atoms with Crippen LogP contribution in [0.4, 0.5) is 5.69 Å². The summed E-state index contributed by atoms with van der Waals surface area (Å²) in [5.41, 5.74) is 3.45. The van der Waals surface area contributed by atoms with Gasteiger partial charge in [0.15, 0.2) is 0 Å². The van der Waals surface area contributed by atoms with Gasteiger partial charge < -0.3 is 5.32 Å². The topological polar surface area (TPSA) is 24.9 Å². The van der Waals surface area contributed by atoms with Crippen LogP contribution in [-0.4, -0.2) is 11.5 Å². The van der Waals surface area contributed by atoms with Gasteiger partial charge in [0.05, 0.1) is 10.7 Å². The minimum Gasteiger partial charge on any atom is -0.385 e. The Morgan fingerprint density at radius 3 is 2.50 bits per heavy atom. The summed E-state index contributed by atoms with van der Waals surface area (Å²) >= 11 is 1.69. The molecule has 1 aromatic heterocycles. The first-order chi connectivity index (χ1) is 8.65. The summed E-state index contributed by atoms with van der Waals surface area (Å²) in [7, 11) is 0. The summed E-state index contributed by atoms with van der Waals surface area (Å²) in [4.78, 5) is 4.49. The lowest BCUT2D eigenvalue weighted by molar-refractivity contribution is 0.607. The van der Waals surface area contributed by atoms with Gasteiger partial charge in [-0.1, -0.05) is 26.0 Å². The highest BCUT2D eigenvalue weighted by molar-refractivity contribution is 7.09. The molecule has 0 amide bonds. The number of hydrogen-bond acceptors (Lipinski definition) is 3. The fourth-order valence-electron chi connectivity index (χ4n) is 1.76. The number of rotatable bonds is 5. The summed E-state index contributed by atoms with van der Waals surface area (Å²) in [6.45, 7) is 7.56. The minimum atomic E-state index is 0.745. The molecule has 0 aliphatic rings. The summed E-state index contributed by atoms with van der Waals surface area (Å²) in [6.07, 6.45) is 1.20. The molecule has 0 atom stereocenters. The fraction of sp³-hybridized carbons (Fsp3) is 0.400. The smallest absolute Gasteiger partial charge is 0.0901 e.